The van der Waals surface area contributed by atoms with Gasteiger partial charge in [-0.3, -0.25) is 4.79 Å². The minimum Gasteiger partial charge on any atom is -0.322 e. The van der Waals surface area contributed by atoms with Crippen LogP contribution in [0.25, 0.3) is 6.08 Å². The first-order chi connectivity index (χ1) is 13.0. The van der Waals surface area contributed by atoms with Crippen LogP contribution in [0.2, 0.25) is 0 Å². The number of benzene rings is 3. The monoisotopic (exact) mass is 419 g/mol. The van der Waals surface area contributed by atoms with Gasteiger partial charge < -0.3 is 5.32 Å². The van der Waals surface area contributed by atoms with Gasteiger partial charge in [-0.25, -0.2) is 0 Å². The first-order valence-electron chi connectivity index (χ1n) is 8.91. The average Bonchev–Trinajstić information content (AvgIpc) is 2.66. The van der Waals surface area contributed by atoms with E-state index >= 15 is 0 Å². The summed E-state index contributed by atoms with van der Waals surface area (Å²) in [5, 5.41) is 2.96. The van der Waals surface area contributed by atoms with Gasteiger partial charge in [0, 0.05) is 15.7 Å². The van der Waals surface area contributed by atoms with E-state index in [0.717, 1.165) is 22.1 Å². The number of halogens is 1. The van der Waals surface area contributed by atoms with Crippen LogP contribution in [-0.2, 0) is 6.42 Å². The molecule has 0 saturated heterocycles. The van der Waals surface area contributed by atoms with Crippen LogP contribution in [0.5, 0.6) is 0 Å². The molecule has 3 aromatic carbocycles. The summed E-state index contributed by atoms with van der Waals surface area (Å²) < 4.78 is 1.09. The minimum atomic E-state index is -0.0862. The summed E-state index contributed by atoms with van der Waals surface area (Å²) in [6.45, 7) is 4.09. The summed E-state index contributed by atoms with van der Waals surface area (Å²) in [6, 6.07) is 21.8. The Hall–Kier alpha value is -2.65. The molecule has 3 heteroatoms. The maximum absolute atomic E-state index is 12.4. The van der Waals surface area contributed by atoms with E-state index in [1.807, 2.05) is 55.5 Å². The lowest BCUT2D eigenvalue weighted by Crippen LogP contribution is -2.12. The Balaban J connectivity index is 1.62. The molecule has 3 rings (SSSR count). The van der Waals surface area contributed by atoms with Crippen molar-refractivity contribution in [2.45, 2.75) is 20.3 Å². The van der Waals surface area contributed by atoms with Crippen LogP contribution in [-0.4, -0.2) is 5.91 Å². The van der Waals surface area contributed by atoms with Crippen molar-refractivity contribution in [1.82, 2.24) is 0 Å². The molecule has 2 nitrogen and oxygen atoms in total. The average molecular weight is 420 g/mol. The molecular weight excluding hydrogens is 398 g/mol. The van der Waals surface area contributed by atoms with Gasteiger partial charge >= 0.3 is 0 Å². The maximum atomic E-state index is 12.4. The summed E-state index contributed by atoms with van der Waals surface area (Å²) in [5.41, 5.74) is 6.19. The Kier molecular flexibility index (Phi) is 6.25. The highest BCUT2D eigenvalue weighted by molar-refractivity contribution is 9.10. The molecule has 0 fully saturated rings. The summed E-state index contributed by atoms with van der Waals surface area (Å²) in [5.74, 6) is -0.0862. The van der Waals surface area contributed by atoms with Crippen LogP contribution in [0, 0.1) is 13.8 Å². The number of para-hydroxylation sites is 1. The van der Waals surface area contributed by atoms with E-state index in [4.69, 9.17) is 0 Å². The Morgan fingerprint density at radius 2 is 1.70 bits per heavy atom. The van der Waals surface area contributed by atoms with Crippen LogP contribution in [0.4, 0.5) is 5.69 Å². The van der Waals surface area contributed by atoms with Crippen molar-refractivity contribution in [3.63, 3.8) is 0 Å². The van der Waals surface area contributed by atoms with Crippen LogP contribution >= 0.6 is 15.9 Å². The van der Waals surface area contributed by atoms with E-state index in [1.165, 1.54) is 16.7 Å². The Morgan fingerprint density at radius 1 is 0.963 bits per heavy atom. The van der Waals surface area contributed by atoms with E-state index in [9.17, 15) is 4.79 Å². The highest BCUT2D eigenvalue weighted by Crippen LogP contribution is 2.18. The fourth-order valence-corrected chi connectivity index (χ4v) is 3.32. The number of allylic oxidation sites excluding steroid dienone is 1. The van der Waals surface area contributed by atoms with Gasteiger partial charge in [-0.2, -0.15) is 0 Å². The predicted molar refractivity (Wildman–Crippen MR) is 117 cm³/mol. The second-order valence-corrected chi connectivity index (χ2v) is 7.49. The fourth-order valence-electron chi connectivity index (χ4n) is 2.85. The SMILES string of the molecule is Cc1cc(Br)ccc1/C=C/Cc1ccc(C(=O)Nc2ccccc2C)cc1. The van der Waals surface area contributed by atoms with Crippen molar-refractivity contribution in [3.8, 4) is 0 Å². The normalized spacial score (nSPS) is 10.9. The summed E-state index contributed by atoms with van der Waals surface area (Å²) >= 11 is 3.49. The summed E-state index contributed by atoms with van der Waals surface area (Å²) in [6.07, 6.45) is 5.12. The van der Waals surface area contributed by atoms with Crippen molar-refractivity contribution in [2.75, 3.05) is 5.32 Å². The molecule has 0 unspecified atom stereocenters. The van der Waals surface area contributed by atoms with E-state index in [2.05, 4.69) is 58.5 Å². The number of nitrogens with one attached hydrogen (secondary N) is 1. The van der Waals surface area contributed by atoms with Gasteiger partial charge in [0.2, 0.25) is 0 Å². The van der Waals surface area contributed by atoms with Gasteiger partial charge in [-0.1, -0.05) is 64.5 Å². The quantitative estimate of drug-likeness (QED) is 0.497. The number of amides is 1. The number of aryl methyl sites for hydroxylation is 2. The smallest absolute Gasteiger partial charge is 0.255 e. The third kappa shape index (κ3) is 5.18. The highest BCUT2D eigenvalue weighted by Gasteiger charge is 2.07. The van der Waals surface area contributed by atoms with E-state index < -0.39 is 0 Å². The predicted octanol–water partition coefficient (Wildman–Crippen LogP) is 6.57. The summed E-state index contributed by atoms with van der Waals surface area (Å²) in [4.78, 5) is 12.4. The molecule has 1 N–H and O–H groups in total. The molecule has 0 bridgehead atoms. The minimum absolute atomic E-state index is 0.0862. The Bertz CT molecular complexity index is 974. The number of carbonyl (C=O) groups is 1. The Labute approximate surface area is 169 Å². The van der Waals surface area contributed by atoms with Gasteiger partial charge in [0.25, 0.3) is 5.91 Å². The van der Waals surface area contributed by atoms with Gasteiger partial charge in [0.05, 0.1) is 0 Å². The molecule has 0 saturated carbocycles. The van der Waals surface area contributed by atoms with Gasteiger partial charge in [0.1, 0.15) is 0 Å². The van der Waals surface area contributed by atoms with Crippen LogP contribution < -0.4 is 5.32 Å². The number of carbonyl (C=O) groups excluding carboxylic acids is 1. The molecule has 0 aliphatic carbocycles. The molecule has 1 amide bonds. The molecule has 27 heavy (non-hydrogen) atoms. The van der Waals surface area contributed by atoms with Crippen LogP contribution in [0.15, 0.2) is 77.3 Å². The molecular formula is C24H22BrNO. The number of anilines is 1. The first kappa shape index (κ1) is 19.1. The highest BCUT2D eigenvalue weighted by atomic mass is 79.9. The van der Waals surface area contributed by atoms with Crippen LogP contribution in [0.3, 0.4) is 0 Å². The molecule has 0 aromatic heterocycles. The zero-order valence-electron chi connectivity index (χ0n) is 15.5. The molecule has 0 spiro atoms. The van der Waals surface area contributed by atoms with Crippen LogP contribution in [0.1, 0.15) is 32.6 Å². The standard InChI is InChI=1S/C24H22BrNO/c1-17-6-3-4-9-23(17)26-24(27)21-12-10-19(11-13-21)7-5-8-20-14-15-22(25)16-18(20)2/h3-6,8-16H,7H2,1-2H3,(H,26,27)/b8-5+. The second kappa shape index (κ2) is 8.83. The summed E-state index contributed by atoms with van der Waals surface area (Å²) in [7, 11) is 0. The number of hydrogen-bond donors (Lipinski definition) is 1. The largest absolute Gasteiger partial charge is 0.322 e. The number of hydrogen-bond acceptors (Lipinski definition) is 1. The zero-order chi connectivity index (χ0) is 19.2. The second-order valence-electron chi connectivity index (χ2n) is 6.57. The topological polar surface area (TPSA) is 29.1 Å². The van der Waals surface area contributed by atoms with Crippen molar-refractivity contribution in [2.24, 2.45) is 0 Å². The lowest BCUT2D eigenvalue weighted by Gasteiger charge is -2.08. The first-order valence-corrected chi connectivity index (χ1v) is 9.71. The lowest BCUT2D eigenvalue weighted by atomic mass is 10.1. The maximum Gasteiger partial charge on any atom is 0.255 e. The molecule has 136 valence electrons. The third-order valence-electron chi connectivity index (χ3n) is 4.49. The molecule has 3 aromatic rings. The molecule has 0 heterocycles. The number of rotatable bonds is 5. The van der Waals surface area contributed by atoms with Gasteiger partial charge in [-0.15, -0.1) is 0 Å². The van der Waals surface area contributed by atoms with Crippen molar-refractivity contribution in [3.05, 3.63) is 105 Å². The van der Waals surface area contributed by atoms with Crippen molar-refractivity contribution in [1.29, 1.82) is 0 Å². The van der Waals surface area contributed by atoms with Crippen molar-refractivity contribution >= 4 is 33.6 Å². The molecule has 0 radical (unpaired) electrons. The lowest BCUT2D eigenvalue weighted by molar-refractivity contribution is 0.102. The fraction of sp³-hybridized carbons (Fsp3) is 0.125. The molecule has 0 atom stereocenters. The van der Waals surface area contributed by atoms with Gasteiger partial charge in [-0.05, 0) is 72.9 Å². The van der Waals surface area contributed by atoms with E-state index in [1.54, 1.807) is 0 Å². The van der Waals surface area contributed by atoms with E-state index in [0.29, 0.717) is 5.56 Å². The zero-order valence-corrected chi connectivity index (χ0v) is 17.1. The van der Waals surface area contributed by atoms with E-state index in [-0.39, 0.29) is 5.91 Å². The van der Waals surface area contributed by atoms with Gasteiger partial charge in [0.15, 0.2) is 0 Å². The Morgan fingerprint density at radius 3 is 2.41 bits per heavy atom. The molecule has 0 aliphatic rings. The molecule has 0 aliphatic heterocycles. The third-order valence-corrected chi connectivity index (χ3v) is 4.99. The van der Waals surface area contributed by atoms with Crippen molar-refractivity contribution < 1.29 is 4.79 Å².